The highest BCUT2D eigenvalue weighted by molar-refractivity contribution is 6.42. The van der Waals surface area contributed by atoms with E-state index in [2.05, 4.69) is 4.98 Å². The zero-order valence-corrected chi connectivity index (χ0v) is 9.51. The maximum absolute atomic E-state index is 10.9. The summed E-state index contributed by atoms with van der Waals surface area (Å²) in [4.78, 5) is 13.7. The Bertz CT molecular complexity index is 549. The van der Waals surface area contributed by atoms with E-state index < -0.39 is 5.97 Å². The monoisotopic (exact) mass is 255 g/mol. The minimum absolute atomic E-state index is 0.207. The molecule has 0 saturated carbocycles. The van der Waals surface area contributed by atoms with Crippen molar-refractivity contribution < 1.29 is 9.90 Å². The summed E-state index contributed by atoms with van der Waals surface area (Å²) >= 11 is 11.7. The molecule has 2 aromatic rings. The molecule has 16 heavy (non-hydrogen) atoms. The molecule has 2 N–H and O–H groups in total. The van der Waals surface area contributed by atoms with Crippen LogP contribution in [0.2, 0.25) is 10.0 Å². The topological polar surface area (TPSA) is 53.1 Å². The standard InChI is InChI=1S/C11H7Cl2NO2/c12-9-2-1-6(3-10(9)13)7-4-14-5-8(7)11(15)16/h1-5,14H,(H,15,16). The van der Waals surface area contributed by atoms with Gasteiger partial charge in [0.15, 0.2) is 0 Å². The van der Waals surface area contributed by atoms with E-state index >= 15 is 0 Å². The summed E-state index contributed by atoms with van der Waals surface area (Å²) in [6.07, 6.45) is 3.04. The molecule has 0 aliphatic rings. The Morgan fingerprint density at radius 1 is 1.19 bits per heavy atom. The number of carbonyl (C=O) groups is 1. The highest BCUT2D eigenvalue weighted by Gasteiger charge is 2.13. The second-order valence-corrected chi connectivity index (χ2v) is 4.03. The molecule has 0 unspecified atom stereocenters. The number of nitrogens with one attached hydrogen (secondary N) is 1. The van der Waals surface area contributed by atoms with Gasteiger partial charge in [0.2, 0.25) is 0 Å². The number of hydrogen-bond acceptors (Lipinski definition) is 1. The fraction of sp³-hybridized carbons (Fsp3) is 0. The van der Waals surface area contributed by atoms with Crippen LogP contribution in [0.5, 0.6) is 0 Å². The lowest BCUT2D eigenvalue weighted by Gasteiger charge is -2.02. The van der Waals surface area contributed by atoms with Crippen molar-refractivity contribution in [2.45, 2.75) is 0 Å². The molecule has 1 aromatic heterocycles. The van der Waals surface area contributed by atoms with Crippen LogP contribution < -0.4 is 0 Å². The van der Waals surface area contributed by atoms with Crippen LogP contribution in [-0.2, 0) is 0 Å². The van der Waals surface area contributed by atoms with Gasteiger partial charge in [-0.3, -0.25) is 0 Å². The van der Waals surface area contributed by atoms with Gasteiger partial charge in [-0.2, -0.15) is 0 Å². The van der Waals surface area contributed by atoms with Gasteiger partial charge >= 0.3 is 5.97 Å². The summed E-state index contributed by atoms with van der Waals surface area (Å²) in [5, 5.41) is 9.80. The summed E-state index contributed by atoms with van der Waals surface area (Å²) < 4.78 is 0. The number of aromatic amines is 1. The van der Waals surface area contributed by atoms with Gasteiger partial charge in [-0.1, -0.05) is 29.3 Å². The van der Waals surface area contributed by atoms with Gasteiger partial charge in [0, 0.05) is 18.0 Å². The van der Waals surface area contributed by atoms with Crippen LogP contribution in [0.3, 0.4) is 0 Å². The van der Waals surface area contributed by atoms with Crippen molar-refractivity contribution in [2.24, 2.45) is 0 Å². The van der Waals surface area contributed by atoms with Crippen LogP contribution in [0.15, 0.2) is 30.6 Å². The minimum atomic E-state index is -0.984. The molecule has 0 fully saturated rings. The molecule has 0 aliphatic carbocycles. The lowest BCUT2D eigenvalue weighted by molar-refractivity contribution is 0.0698. The SMILES string of the molecule is O=C(O)c1c[nH]cc1-c1ccc(Cl)c(Cl)c1. The van der Waals surface area contributed by atoms with Gasteiger partial charge in [0.25, 0.3) is 0 Å². The normalized spacial score (nSPS) is 10.4. The zero-order valence-electron chi connectivity index (χ0n) is 8.00. The van der Waals surface area contributed by atoms with Crippen LogP contribution in [0.4, 0.5) is 0 Å². The first-order chi connectivity index (χ1) is 7.59. The number of aromatic nitrogens is 1. The predicted octanol–water partition coefficient (Wildman–Crippen LogP) is 3.69. The molecule has 0 aliphatic heterocycles. The van der Waals surface area contributed by atoms with Crippen LogP contribution in [0.1, 0.15) is 10.4 Å². The second kappa shape index (κ2) is 4.20. The Balaban J connectivity index is 2.54. The van der Waals surface area contributed by atoms with Crippen LogP contribution in [0.25, 0.3) is 11.1 Å². The number of halogens is 2. The molecular weight excluding hydrogens is 249 g/mol. The molecule has 1 aromatic carbocycles. The Hall–Kier alpha value is -1.45. The first kappa shape index (κ1) is 11.0. The minimum Gasteiger partial charge on any atom is -0.478 e. The van der Waals surface area contributed by atoms with Gasteiger partial charge in [-0.25, -0.2) is 4.79 Å². The molecule has 0 amide bonds. The van der Waals surface area contributed by atoms with E-state index in [4.69, 9.17) is 28.3 Å². The predicted molar refractivity (Wildman–Crippen MR) is 63.2 cm³/mol. The first-order valence-electron chi connectivity index (χ1n) is 4.45. The van der Waals surface area contributed by atoms with Gasteiger partial charge in [-0.05, 0) is 17.7 Å². The third kappa shape index (κ3) is 1.92. The first-order valence-corrected chi connectivity index (χ1v) is 5.20. The molecule has 3 nitrogen and oxygen atoms in total. The molecule has 0 bridgehead atoms. The van der Waals surface area contributed by atoms with E-state index in [9.17, 15) is 4.79 Å². The van der Waals surface area contributed by atoms with Gasteiger partial charge < -0.3 is 10.1 Å². The smallest absolute Gasteiger partial charge is 0.337 e. The Labute approximate surface area is 102 Å². The lowest BCUT2D eigenvalue weighted by atomic mass is 10.1. The molecule has 82 valence electrons. The largest absolute Gasteiger partial charge is 0.478 e. The third-order valence-corrected chi connectivity index (χ3v) is 2.95. The van der Waals surface area contributed by atoms with Crippen molar-refractivity contribution in [3.05, 3.63) is 46.2 Å². The summed E-state index contributed by atoms with van der Waals surface area (Å²) in [5.74, 6) is -0.984. The van der Waals surface area contributed by atoms with Gasteiger partial charge in [0.05, 0.1) is 15.6 Å². The van der Waals surface area contributed by atoms with Crippen molar-refractivity contribution in [1.82, 2.24) is 4.98 Å². The summed E-state index contributed by atoms with van der Waals surface area (Å²) in [6.45, 7) is 0. The molecule has 0 radical (unpaired) electrons. The maximum atomic E-state index is 10.9. The van der Waals surface area contributed by atoms with E-state index in [-0.39, 0.29) is 5.56 Å². The molecular formula is C11H7Cl2NO2. The lowest BCUT2D eigenvalue weighted by Crippen LogP contribution is -1.95. The van der Waals surface area contributed by atoms with E-state index in [1.165, 1.54) is 6.20 Å². The Morgan fingerprint density at radius 3 is 2.56 bits per heavy atom. The fourth-order valence-corrected chi connectivity index (χ4v) is 1.74. The van der Waals surface area contributed by atoms with Gasteiger partial charge in [-0.15, -0.1) is 0 Å². The van der Waals surface area contributed by atoms with Gasteiger partial charge in [0.1, 0.15) is 0 Å². The molecule has 2 rings (SSSR count). The second-order valence-electron chi connectivity index (χ2n) is 3.22. The number of H-pyrrole nitrogens is 1. The number of aromatic carboxylic acids is 1. The van der Waals surface area contributed by atoms with Crippen LogP contribution in [-0.4, -0.2) is 16.1 Å². The quantitative estimate of drug-likeness (QED) is 0.860. The van der Waals surface area contributed by atoms with Crippen molar-refractivity contribution in [2.75, 3.05) is 0 Å². The Morgan fingerprint density at radius 2 is 1.94 bits per heavy atom. The molecule has 0 saturated heterocycles. The van der Waals surface area contributed by atoms with Crippen molar-refractivity contribution in [3.8, 4) is 11.1 Å². The van der Waals surface area contributed by atoms with E-state index in [0.29, 0.717) is 21.2 Å². The van der Waals surface area contributed by atoms with E-state index in [1.807, 2.05) is 0 Å². The number of benzene rings is 1. The van der Waals surface area contributed by atoms with E-state index in [1.54, 1.807) is 24.4 Å². The highest BCUT2D eigenvalue weighted by Crippen LogP contribution is 2.30. The van der Waals surface area contributed by atoms with Crippen molar-refractivity contribution in [1.29, 1.82) is 0 Å². The maximum Gasteiger partial charge on any atom is 0.337 e. The molecule has 0 atom stereocenters. The summed E-state index contributed by atoms with van der Waals surface area (Å²) in [6, 6.07) is 5.00. The summed E-state index contributed by atoms with van der Waals surface area (Å²) in [7, 11) is 0. The fourth-order valence-electron chi connectivity index (χ4n) is 1.44. The van der Waals surface area contributed by atoms with E-state index in [0.717, 1.165) is 0 Å². The number of rotatable bonds is 2. The zero-order chi connectivity index (χ0) is 11.7. The average molecular weight is 256 g/mol. The summed E-state index contributed by atoms with van der Waals surface area (Å²) in [5.41, 5.74) is 1.51. The number of carboxylic acid groups (broad SMARTS) is 1. The Kier molecular flexibility index (Phi) is 2.90. The van der Waals surface area contributed by atoms with Crippen molar-refractivity contribution in [3.63, 3.8) is 0 Å². The molecule has 0 spiro atoms. The van der Waals surface area contributed by atoms with Crippen molar-refractivity contribution >= 4 is 29.2 Å². The van der Waals surface area contributed by atoms with Crippen LogP contribution >= 0.6 is 23.2 Å². The number of carboxylic acids is 1. The molecule has 1 heterocycles. The highest BCUT2D eigenvalue weighted by atomic mass is 35.5. The van der Waals surface area contributed by atoms with Crippen LogP contribution in [0, 0.1) is 0 Å². The average Bonchev–Trinajstić information content (AvgIpc) is 2.71. The molecule has 5 heteroatoms. The number of hydrogen-bond donors (Lipinski definition) is 2. The third-order valence-electron chi connectivity index (χ3n) is 2.21.